The molecule has 2 heterocycles. The topological polar surface area (TPSA) is 52.8 Å². The first-order valence-corrected chi connectivity index (χ1v) is 9.04. The normalized spacial score (nSPS) is 16.8. The number of hydrogen-bond donors (Lipinski definition) is 0. The first-order valence-electron chi connectivity index (χ1n) is 8.05. The Morgan fingerprint density at radius 1 is 1.04 bits per heavy atom. The summed E-state index contributed by atoms with van der Waals surface area (Å²) in [4.78, 5) is 0. The van der Waals surface area contributed by atoms with E-state index in [2.05, 4.69) is 39.8 Å². The van der Waals surface area contributed by atoms with Gasteiger partial charge >= 0.3 is 0 Å². The lowest BCUT2D eigenvalue weighted by Gasteiger charge is -2.25. The molecule has 0 saturated carbocycles. The highest BCUT2D eigenvalue weighted by Gasteiger charge is 2.19. The zero-order valence-electron chi connectivity index (χ0n) is 13.2. The number of rotatable bonds is 5. The maximum absolute atomic E-state index is 5.97. The van der Waals surface area contributed by atoms with Crippen molar-refractivity contribution >= 4 is 11.8 Å². The molecular weight excluding hydrogens is 320 g/mol. The van der Waals surface area contributed by atoms with Crippen LogP contribution in [-0.2, 0) is 17.8 Å². The van der Waals surface area contributed by atoms with Gasteiger partial charge in [-0.3, -0.25) is 0 Å². The Balaban J connectivity index is 1.35. The smallest absolute Gasteiger partial charge is 0.214 e. The third kappa shape index (κ3) is 3.34. The lowest BCUT2D eigenvalue weighted by Crippen LogP contribution is -2.22. The molecule has 0 N–H and O–H groups in total. The van der Waals surface area contributed by atoms with Crippen LogP contribution in [0.15, 0.2) is 59.8 Å². The molecular formula is C18H18N4OS. The molecule has 24 heavy (non-hydrogen) atoms. The summed E-state index contributed by atoms with van der Waals surface area (Å²) in [6, 6.07) is 18.5. The number of tetrazole rings is 1. The maximum Gasteiger partial charge on any atom is 0.214 e. The summed E-state index contributed by atoms with van der Waals surface area (Å²) < 4.78 is 7.75. The van der Waals surface area contributed by atoms with E-state index in [1.165, 1.54) is 11.1 Å². The fourth-order valence-electron chi connectivity index (χ4n) is 2.88. The molecule has 1 aliphatic rings. The van der Waals surface area contributed by atoms with Gasteiger partial charge in [-0.15, -0.1) is 5.10 Å². The molecule has 0 aliphatic carbocycles. The minimum atomic E-state index is 0.272. The maximum atomic E-state index is 5.97. The number of para-hydroxylation sites is 1. The fraction of sp³-hybridized carbons (Fsp3) is 0.278. The van der Waals surface area contributed by atoms with E-state index in [0.29, 0.717) is 6.61 Å². The highest BCUT2D eigenvalue weighted by atomic mass is 32.2. The Morgan fingerprint density at radius 3 is 2.71 bits per heavy atom. The molecule has 0 spiro atoms. The highest BCUT2D eigenvalue weighted by Crippen LogP contribution is 2.25. The number of aromatic nitrogens is 4. The van der Waals surface area contributed by atoms with Crippen LogP contribution in [0.4, 0.5) is 0 Å². The van der Waals surface area contributed by atoms with Crippen LogP contribution in [0.25, 0.3) is 5.69 Å². The minimum Gasteiger partial charge on any atom is -0.373 e. The van der Waals surface area contributed by atoms with E-state index in [0.717, 1.165) is 29.4 Å². The van der Waals surface area contributed by atoms with Gasteiger partial charge in [0.25, 0.3) is 0 Å². The van der Waals surface area contributed by atoms with E-state index in [1.54, 1.807) is 16.4 Å². The van der Waals surface area contributed by atoms with Crippen molar-refractivity contribution < 1.29 is 4.74 Å². The van der Waals surface area contributed by atoms with Crippen LogP contribution in [-0.4, -0.2) is 32.1 Å². The van der Waals surface area contributed by atoms with E-state index in [-0.39, 0.29) is 6.10 Å². The molecule has 1 atom stereocenters. The largest absolute Gasteiger partial charge is 0.373 e. The molecule has 0 amide bonds. The number of fused-ring (bicyclic) bond motifs is 1. The molecule has 6 heteroatoms. The highest BCUT2D eigenvalue weighted by molar-refractivity contribution is 7.99. The van der Waals surface area contributed by atoms with Crippen LogP contribution < -0.4 is 0 Å². The first-order chi connectivity index (χ1) is 11.9. The predicted molar refractivity (Wildman–Crippen MR) is 93.2 cm³/mol. The Morgan fingerprint density at radius 2 is 1.83 bits per heavy atom. The van der Waals surface area contributed by atoms with E-state index < -0.39 is 0 Å². The second-order valence-electron chi connectivity index (χ2n) is 5.75. The van der Waals surface area contributed by atoms with Crippen LogP contribution >= 0.6 is 11.8 Å². The van der Waals surface area contributed by atoms with Crippen LogP contribution in [0.3, 0.4) is 0 Å². The summed E-state index contributed by atoms with van der Waals surface area (Å²) in [6.45, 7) is 0.716. The number of thioether (sulfide) groups is 1. The molecule has 0 radical (unpaired) electrons. The van der Waals surface area contributed by atoms with Crippen molar-refractivity contribution in [1.82, 2.24) is 20.2 Å². The zero-order valence-corrected chi connectivity index (χ0v) is 14.0. The van der Waals surface area contributed by atoms with Gasteiger partial charge in [0.2, 0.25) is 5.16 Å². The van der Waals surface area contributed by atoms with Crippen molar-refractivity contribution in [3.8, 4) is 5.69 Å². The number of ether oxygens (including phenoxy) is 1. The summed E-state index contributed by atoms with van der Waals surface area (Å²) in [5.41, 5.74) is 3.70. The van der Waals surface area contributed by atoms with Gasteiger partial charge < -0.3 is 4.74 Å². The second-order valence-corrected chi connectivity index (χ2v) is 6.81. The number of hydrogen-bond acceptors (Lipinski definition) is 5. The summed E-state index contributed by atoms with van der Waals surface area (Å²) in [6.07, 6.45) is 2.24. The molecule has 0 fully saturated rings. The molecule has 1 unspecified atom stereocenters. The Hall–Kier alpha value is -2.18. The first kappa shape index (κ1) is 15.4. The lowest BCUT2D eigenvalue weighted by molar-refractivity contribution is 0.0271. The fourth-order valence-corrected chi connectivity index (χ4v) is 3.80. The van der Waals surface area contributed by atoms with Gasteiger partial charge in [-0.2, -0.15) is 4.68 Å². The van der Waals surface area contributed by atoms with Crippen LogP contribution in [0.2, 0.25) is 0 Å². The third-order valence-electron chi connectivity index (χ3n) is 4.15. The number of benzene rings is 2. The van der Waals surface area contributed by atoms with Gasteiger partial charge in [0, 0.05) is 5.75 Å². The van der Waals surface area contributed by atoms with Crippen molar-refractivity contribution in [2.24, 2.45) is 0 Å². The van der Waals surface area contributed by atoms with Gasteiger partial charge in [0.1, 0.15) is 0 Å². The van der Waals surface area contributed by atoms with Crippen molar-refractivity contribution in [3.05, 3.63) is 65.7 Å². The van der Waals surface area contributed by atoms with Gasteiger partial charge in [-0.25, -0.2) is 0 Å². The van der Waals surface area contributed by atoms with E-state index >= 15 is 0 Å². The summed E-state index contributed by atoms with van der Waals surface area (Å²) >= 11 is 1.67. The van der Waals surface area contributed by atoms with Crippen molar-refractivity contribution in [1.29, 1.82) is 0 Å². The average molecular weight is 338 g/mol. The molecule has 1 aromatic heterocycles. The zero-order chi connectivity index (χ0) is 16.2. The number of nitrogens with zero attached hydrogens (tertiary/aromatic N) is 4. The monoisotopic (exact) mass is 338 g/mol. The van der Waals surface area contributed by atoms with E-state index in [9.17, 15) is 0 Å². The molecule has 1 aliphatic heterocycles. The van der Waals surface area contributed by atoms with Gasteiger partial charge in [-0.1, -0.05) is 54.2 Å². The summed E-state index contributed by atoms with van der Waals surface area (Å²) in [5.74, 6) is 0.931. The van der Waals surface area contributed by atoms with Crippen molar-refractivity contribution in [3.63, 3.8) is 0 Å². The molecule has 0 bridgehead atoms. The Kier molecular flexibility index (Phi) is 4.57. The molecule has 122 valence electrons. The average Bonchev–Trinajstić information content (AvgIpc) is 3.11. The molecule has 5 nitrogen and oxygen atoms in total. The van der Waals surface area contributed by atoms with Crippen molar-refractivity contribution in [2.75, 3.05) is 5.75 Å². The van der Waals surface area contributed by atoms with Crippen LogP contribution in [0.1, 0.15) is 17.5 Å². The predicted octanol–water partition coefficient (Wildman–Crippen LogP) is 3.29. The molecule has 4 rings (SSSR count). The van der Waals surface area contributed by atoms with E-state index in [4.69, 9.17) is 4.74 Å². The minimum absolute atomic E-state index is 0.272. The summed E-state index contributed by atoms with van der Waals surface area (Å²) in [5, 5.41) is 12.8. The second kappa shape index (κ2) is 7.15. The van der Waals surface area contributed by atoms with Crippen molar-refractivity contribution in [2.45, 2.75) is 30.7 Å². The molecule has 2 aromatic carbocycles. The summed E-state index contributed by atoms with van der Waals surface area (Å²) in [7, 11) is 0. The van der Waals surface area contributed by atoms with Crippen LogP contribution in [0, 0.1) is 0 Å². The SMILES string of the molecule is c1ccc(-n2nnnc2SCCC2Cc3ccccc3CO2)cc1. The Bertz CT molecular complexity index is 806. The lowest BCUT2D eigenvalue weighted by atomic mass is 9.98. The Labute approximate surface area is 145 Å². The van der Waals surface area contributed by atoms with Crippen LogP contribution in [0.5, 0.6) is 0 Å². The third-order valence-corrected chi connectivity index (χ3v) is 5.11. The quantitative estimate of drug-likeness (QED) is 0.668. The standard InChI is InChI=1S/C18H18N4OS/c1-2-8-16(9-3-1)22-18(19-20-21-22)24-11-10-17-12-14-6-4-5-7-15(14)13-23-17/h1-9,17H,10-13H2. The van der Waals surface area contributed by atoms with E-state index in [1.807, 2.05) is 30.3 Å². The van der Waals surface area contributed by atoms with Gasteiger partial charge in [0.15, 0.2) is 0 Å². The van der Waals surface area contributed by atoms with Gasteiger partial charge in [-0.05, 0) is 46.5 Å². The molecule has 3 aromatic rings. The molecule has 0 saturated heterocycles. The van der Waals surface area contributed by atoms with Gasteiger partial charge in [0.05, 0.1) is 18.4 Å².